The number of hydrogen-bond donors (Lipinski definition) is 1. The molecule has 0 spiro atoms. The average molecular weight is 436 g/mol. The highest BCUT2D eigenvalue weighted by molar-refractivity contribution is 7.89. The number of benzene rings is 2. The lowest BCUT2D eigenvalue weighted by atomic mass is 10.1. The van der Waals surface area contributed by atoms with Crippen LogP contribution in [-0.2, 0) is 21.4 Å². The molecule has 0 saturated carbocycles. The van der Waals surface area contributed by atoms with Crippen LogP contribution >= 0.6 is 0 Å². The molecule has 164 valence electrons. The van der Waals surface area contributed by atoms with Gasteiger partial charge in [-0.3, -0.25) is 4.79 Å². The van der Waals surface area contributed by atoms with Crippen LogP contribution in [0.3, 0.4) is 0 Å². The third-order valence-electron chi connectivity index (χ3n) is 5.00. The lowest BCUT2D eigenvalue weighted by molar-refractivity contribution is -0.115. The van der Waals surface area contributed by atoms with Crippen LogP contribution in [0.15, 0.2) is 47.4 Å². The fraction of sp³-hybridized carbons (Fsp3) is 0.409. The summed E-state index contributed by atoms with van der Waals surface area (Å²) in [6.45, 7) is 5.66. The van der Waals surface area contributed by atoms with Gasteiger partial charge in [0.05, 0.1) is 4.90 Å². The molecule has 0 fully saturated rings. The SMILES string of the molecule is CCC(=O)Nc1ccc(N(C)C)c(CN([C@@H](C)CC)S(=O)(=O)c2ccc(F)cc2)c1. The van der Waals surface area contributed by atoms with Crippen LogP contribution < -0.4 is 10.2 Å². The molecule has 0 unspecified atom stereocenters. The van der Waals surface area contributed by atoms with Crippen LogP contribution in [0, 0.1) is 5.82 Å². The van der Waals surface area contributed by atoms with Crippen LogP contribution in [0.2, 0.25) is 0 Å². The second kappa shape index (κ2) is 10.0. The van der Waals surface area contributed by atoms with Crippen LogP contribution in [0.1, 0.15) is 39.2 Å². The number of anilines is 2. The van der Waals surface area contributed by atoms with E-state index in [9.17, 15) is 17.6 Å². The van der Waals surface area contributed by atoms with Crippen molar-refractivity contribution in [2.45, 2.75) is 51.1 Å². The van der Waals surface area contributed by atoms with Crippen molar-refractivity contribution in [3.63, 3.8) is 0 Å². The van der Waals surface area contributed by atoms with Crippen LogP contribution in [0.25, 0.3) is 0 Å². The van der Waals surface area contributed by atoms with E-state index in [1.807, 2.05) is 38.9 Å². The lowest BCUT2D eigenvalue weighted by Gasteiger charge is -2.30. The molecule has 30 heavy (non-hydrogen) atoms. The molecular weight excluding hydrogens is 405 g/mol. The van der Waals surface area contributed by atoms with E-state index in [1.54, 1.807) is 19.1 Å². The first-order valence-electron chi connectivity index (χ1n) is 9.97. The third kappa shape index (κ3) is 5.58. The number of nitrogens with one attached hydrogen (secondary N) is 1. The third-order valence-corrected chi connectivity index (χ3v) is 6.97. The Balaban J connectivity index is 2.50. The van der Waals surface area contributed by atoms with Gasteiger partial charge in [-0.05, 0) is 61.4 Å². The van der Waals surface area contributed by atoms with E-state index >= 15 is 0 Å². The van der Waals surface area contributed by atoms with E-state index < -0.39 is 15.8 Å². The Bertz CT molecular complexity index is 976. The van der Waals surface area contributed by atoms with Crippen molar-refractivity contribution in [1.29, 1.82) is 0 Å². The van der Waals surface area contributed by atoms with Gasteiger partial charge in [0.1, 0.15) is 5.82 Å². The number of carbonyl (C=O) groups excluding carboxylic acids is 1. The van der Waals surface area contributed by atoms with Crippen molar-refractivity contribution >= 4 is 27.3 Å². The lowest BCUT2D eigenvalue weighted by Crippen LogP contribution is -2.38. The molecule has 6 nitrogen and oxygen atoms in total. The smallest absolute Gasteiger partial charge is 0.243 e. The zero-order valence-corrected chi connectivity index (χ0v) is 19.0. The monoisotopic (exact) mass is 435 g/mol. The van der Waals surface area contributed by atoms with E-state index in [2.05, 4.69) is 5.32 Å². The quantitative estimate of drug-likeness (QED) is 0.640. The standard InChI is InChI=1S/C22H30FN3O3S/c1-6-16(3)26(30(28,29)20-11-8-18(23)9-12-20)15-17-14-19(24-22(27)7-2)10-13-21(17)25(4)5/h8-14,16H,6-7,15H2,1-5H3,(H,24,27)/t16-/m0/s1. The van der Waals surface area contributed by atoms with Gasteiger partial charge >= 0.3 is 0 Å². The molecule has 2 rings (SSSR count). The van der Waals surface area contributed by atoms with E-state index in [1.165, 1.54) is 16.4 Å². The summed E-state index contributed by atoms with van der Waals surface area (Å²) >= 11 is 0. The Morgan fingerprint density at radius 3 is 2.27 bits per heavy atom. The van der Waals surface area contributed by atoms with Crippen molar-refractivity contribution < 1.29 is 17.6 Å². The number of sulfonamides is 1. The Morgan fingerprint density at radius 1 is 1.10 bits per heavy atom. The van der Waals surface area contributed by atoms with E-state index in [4.69, 9.17) is 0 Å². The summed E-state index contributed by atoms with van der Waals surface area (Å²) in [6.07, 6.45) is 0.965. The van der Waals surface area contributed by atoms with Gasteiger partial charge in [-0.1, -0.05) is 13.8 Å². The largest absolute Gasteiger partial charge is 0.377 e. The van der Waals surface area contributed by atoms with Crippen molar-refractivity contribution in [1.82, 2.24) is 4.31 Å². The minimum atomic E-state index is -3.85. The molecule has 0 bridgehead atoms. The number of halogens is 1. The van der Waals surface area contributed by atoms with Crippen LogP contribution in [0.4, 0.5) is 15.8 Å². The molecule has 8 heteroatoms. The molecule has 2 aromatic rings. The first kappa shape index (κ1) is 23.8. The van der Waals surface area contributed by atoms with Crippen molar-refractivity contribution in [3.05, 3.63) is 53.8 Å². The second-order valence-electron chi connectivity index (χ2n) is 7.40. The van der Waals surface area contributed by atoms with Crippen molar-refractivity contribution in [3.8, 4) is 0 Å². The average Bonchev–Trinajstić information content (AvgIpc) is 2.71. The fourth-order valence-corrected chi connectivity index (χ4v) is 4.75. The Kier molecular flexibility index (Phi) is 7.97. The summed E-state index contributed by atoms with van der Waals surface area (Å²) in [7, 11) is -0.0893. The highest BCUT2D eigenvalue weighted by Crippen LogP contribution is 2.29. The predicted molar refractivity (Wildman–Crippen MR) is 119 cm³/mol. The maximum absolute atomic E-state index is 13.4. The number of rotatable bonds is 9. The first-order chi connectivity index (χ1) is 14.1. The number of nitrogens with zero attached hydrogens (tertiary/aromatic N) is 2. The highest BCUT2D eigenvalue weighted by Gasteiger charge is 2.29. The number of amides is 1. The van der Waals surface area contributed by atoms with Gasteiger partial charge in [-0.15, -0.1) is 0 Å². The molecule has 1 N–H and O–H groups in total. The minimum absolute atomic E-state index is 0.0473. The Hall–Kier alpha value is -2.45. The molecule has 1 amide bonds. The minimum Gasteiger partial charge on any atom is -0.377 e. The molecule has 0 heterocycles. The molecule has 0 radical (unpaired) electrons. The zero-order valence-electron chi connectivity index (χ0n) is 18.1. The molecule has 0 aromatic heterocycles. The van der Waals surface area contributed by atoms with Gasteiger partial charge < -0.3 is 10.2 Å². The van der Waals surface area contributed by atoms with Gasteiger partial charge in [-0.2, -0.15) is 4.31 Å². The van der Waals surface area contributed by atoms with Gasteiger partial charge in [0.15, 0.2) is 0 Å². The molecule has 0 aliphatic carbocycles. The zero-order chi connectivity index (χ0) is 22.5. The maximum atomic E-state index is 13.4. The molecule has 0 aliphatic heterocycles. The Labute approximate surface area is 178 Å². The summed E-state index contributed by atoms with van der Waals surface area (Å²) in [6, 6.07) is 10.0. The van der Waals surface area contributed by atoms with Gasteiger partial charge in [0.25, 0.3) is 0 Å². The first-order valence-corrected chi connectivity index (χ1v) is 11.4. The molecule has 1 atom stereocenters. The van der Waals surface area contributed by atoms with Crippen molar-refractivity contribution in [2.75, 3.05) is 24.3 Å². The van der Waals surface area contributed by atoms with E-state index in [0.29, 0.717) is 18.5 Å². The predicted octanol–water partition coefficient (Wildman–Crippen LogP) is 4.23. The normalized spacial score (nSPS) is 12.6. The molecule has 2 aromatic carbocycles. The summed E-state index contributed by atoms with van der Waals surface area (Å²) in [5.74, 6) is -0.602. The van der Waals surface area contributed by atoms with Gasteiger partial charge in [0, 0.05) is 44.5 Å². The summed E-state index contributed by atoms with van der Waals surface area (Å²) in [4.78, 5) is 13.8. The highest BCUT2D eigenvalue weighted by atomic mass is 32.2. The summed E-state index contributed by atoms with van der Waals surface area (Å²) in [5, 5.41) is 2.82. The van der Waals surface area contributed by atoms with Gasteiger partial charge in [-0.25, -0.2) is 12.8 Å². The van der Waals surface area contributed by atoms with Crippen LogP contribution in [0.5, 0.6) is 0 Å². The topological polar surface area (TPSA) is 69.7 Å². The number of carbonyl (C=O) groups is 1. The Morgan fingerprint density at radius 2 is 1.73 bits per heavy atom. The number of hydrogen-bond acceptors (Lipinski definition) is 4. The van der Waals surface area contributed by atoms with E-state index in [-0.39, 0.29) is 23.4 Å². The molecule has 0 aliphatic rings. The summed E-state index contributed by atoms with van der Waals surface area (Å²) < 4.78 is 41.5. The van der Waals surface area contributed by atoms with Crippen LogP contribution in [-0.4, -0.2) is 38.8 Å². The van der Waals surface area contributed by atoms with Crippen molar-refractivity contribution in [2.24, 2.45) is 0 Å². The fourth-order valence-electron chi connectivity index (χ4n) is 3.07. The molecular formula is C22H30FN3O3S. The maximum Gasteiger partial charge on any atom is 0.243 e. The van der Waals surface area contributed by atoms with E-state index in [0.717, 1.165) is 23.4 Å². The van der Waals surface area contributed by atoms with Gasteiger partial charge in [0.2, 0.25) is 15.9 Å². The second-order valence-corrected chi connectivity index (χ2v) is 9.29. The summed E-state index contributed by atoms with van der Waals surface area (Å²) in [5.41, 5.74) is 2.23. The molecule has 0 saturated heterocycles.